The number of aliphatic hydroxyl groups excluding tert-OH is 1. The summed E-state index contributed by atoms with van der Waals surface area (Å²) in [6.45, 7) is 0.988. The van der Waals surface area contributed by atoms with Crippen LogP contribution in [0.25, 0.3) is 0 Å². The summed E-state index contributed by atoms with van der Waals surface area (Å²) in [7, 11) is 1.37. The number of carbonyl (C=O) groups excluding carboxylic acids is 1. The molecule has 0 amide bonds. The molecule has 1 aromatic rings. The second-order valence-electron chi connectivity index (χ2n) is 4.71. The fourth-order valence-corrected chi connectivity index (χ4v) is 1.92. The molecule has 112 valence electrons. The lowest BCUT2D eigenvalue weighted by Gasteiger charge is -2.06. The van der Waals surface area contributed by atoms with Gasteiger partial charge in [0.2, 0.25) is 0 Å². The Morgan fingerprint density at radius 1 is 1.00 bits per heavy atom. The fourth-order valence-electron chi connectivity index (χ4n) is 1.92. The lowest BCUT2D eigenvalue weighted by Crippen LogP contribution is -2.01. The first-order valence-electron chi connectivity index (χ1n) is 7.20. The number of ether oxygens (including phenoxy) is 2. The molecule has 0 aliphatic heterocycles. The van der Waals surface area contributed by atoms with Crippen molar-refractivity contribution in [2.75, 3.05) is 20.3 Å². The van der Waals surface area contributed by atoms with Crippen LogP contribution in [0.5, 0.6) is 5.75 Å². The normalized spacial score (nSPS) is 10.3. The molecule has 1 rings (SSSR count). The topological polar surface area (TPSA) is 55.8 Å². The lowest BCUT2D eigenvalue weighted by molar-refractivity contribution is 0.0600. The molecule has 0 unspecified atom stereocenters. The number of methoxy groups -OCH3 is 1. The van der Waals surface area contributed by atoms with E-state index in [9.17, 15) is 4.79 Å². The van der Waals surface area contributed by atoms with Crippen LogP contribution in [0, 0.1) is 0 Å². The summed E-state index contributed by atoms with van der Waals surface area (Å²) in [6.07, 6.45) is 6.54. The monoisotopic (exact) mass is 280 g/mol. The van der Waals surface area contributed by atoms with Gasteiger partial charge in [-0.2, -0.15) is 0 Å². The summed E-state index contributed by atoms with van der Waals surface area (Å²) in [5.41, 5.74) is 0.531. The molecule has 0 aliphatic rings. The van der Waals surface area contributed by atoms with E-state index in [2.05, 4.69) is 4.74 Å². The zero-order valence-electron chi connectivity index (χ0n) is 12.1. The van der Waals surface area contributed by atoms with E-state index < -0.39 is 0 Å². The molecule has 0 spiro atoms. The van der Waals surface area contributed by atoms with Crippen molar-refractivity contribution in [1.82, 2.24) is 0 Å². The van der Waals surface area contributed by atoms with E-state index in [1.165, 1.54) is 20.0 Å². The van der Waals surface area contributed by atoms with E-state index >= 15 is 0 Å². The van der Waals surface area contributed by atoms with Gasteiger partial charge in [0.15, 0.2) is 0 Å². The van der Waals surface area contributed by atoms with Gasteiger partial charge in [-0.15, -0.1) is 0 Å². The Labute approximate surface area is 120 Å². The molecular weight excluding hydrogens is 256 g/mol. The van der Waals surface area contributed by atoms with Crippen LogP contribution in [-0.2, 0) is 4.74 Å². The molecule has 1 N–H and O–H groups in total. The van der Waals surface area contributed by atoms with Crippen molar-refractivity contribution in [2.45, 2.75) is 38.5 Å². The van der Waals surface area contributed by atoms with E-state index in [4.69, 9.17) is 9.84 Å². The van der Waals surface area contributed by atoms with Crippen LogP contribution in [0.3, 0.4) is 0 Å². The largest absolute Gasteiger partial charge is 0.494 e. The number of carbonyl (C=O) groups is 1. The van der Waals surface area contributed by atoms with Gasteiger partial charge in [0.25, 0.3) is 0 Å². The molecule has 0 aromatic heterocycles. The predicted octanol–water partition coefficient (Wildman–Crippen LogP) is 3.18. The first-order chi connectivity index (χ1) is 9.77. The molecular formula is C16H24O4. The molecule has 0 heterocycles. The Bertz CT molecular complexity index is 373. The smallest absolute Gasteiger partial charge is 0.337 e. The van der Waals surface area contributed by atoms with Crippen molar-refractivity contribution >= 4 is 5.97 Å². The summed E-state index contributed by atoms with van der Waals surface area (Å²) in [5.74, 6) is 0.442. The molecule has 0 aliphatic carbocycles. The van der Waals surface area contributed by atoms with Crippen molar-refractivity contribution in [3.8, 4) is 5.75 Å². The molecule has 4 nitrogen and oxygen atoms in total. The van der Waals surface area contributed by atoms with Gasteiger partial charge in [-0.05, 0) is 37.1 Å². The maximum Gasteiger partial charge on any atom is 0.337 e. The number of rotatable bonds is 10. The highest BCUT2D eigenvalue weighted by Crippen LogP contribution is 2.14. The number of hydrogen-bond donors (Lipinski definition) is 1. The van der Waals surface area contributed by atoms with Crippen LogP contribution in [0.1, 0.15) is 48.9 Å². The third kappa shape index (κ3) is 6.57. The Balaban J connectivity index is 2.11. The molecule has 0 radical (unpaired) electrons. The van der Waals surface area contributed by atoms with Crippen LogP contribution in [0.2, 0.25) is 0 Å². The molecule has 0 saturated heterocycles. The van der Waals surface area contributed by atoms with Crippen LogP contribution < -0.4 is 4.74 Å². The summed E-state index contributed by atoms with van der Waals surface area (Å²) in [6, 6.07) is 6.98. The average molecular weight is 280 g/mol. The van der Waals surface area contributed by atoms with Crippen LogP contribution in [0.15, 0.2) is 24.3 Å². The zero-order chi connectivity index (χ0) is 14.6. The first kappa shape index (κ1) is 16.5. The third-order valence-electron chi connectivity index (χ3n) is 3.10. The van der Waals surface area contributed by atoms with Gasteiger partial charge in [-0.1, -0.05) is 25.7 Å². The quantitative estimate of drug-likeness (QED) is 0.528. The molecule has 20 heavy (non-hydrogen) atoms. The van der Waals surface area contributed by atoms with E-state index in [1.807, 2.05) is 0 Å². The molecule has 4 heteroatoms. The van der Waals surface area contributed by atoms with Crippen LogP contribution in [-0.4, -0.2) is 31.4 Å². The van der Waals surface area contributed by atoms with E-state index in [0.717, 1.165) is 31.4 Å². The van der Waals surface area contributed by atoms with Gasteiger partial charge in [0, 0.05) is 6.61 Å². The molecule has 0 atom stereocenters. The van der Waals surface area contributed by atoms with Crippen molar-refractivity contribution < 1.29 is 19.4 Å². The first-order valence-corrected chi connectivity index (χ1v) is 7.20. The summed E-state index contributed by atoms with van der Waals surface area (Å²) in [4.78, 5) is 11.3. The number of aliphatic hydroxyl groups is 1. The van der Waals surface area contributed by atoms with Gasteiger partial charge in [0.1, 0.15) is 5.75 Å². The Morgan fingerprint density at radius 3 is 2.20 bits per heavy atom. The maximum absolute atomic E-state index is 11.3. The van der Waals surface area contributed by atoms with Gasteiger partial charge in [-0.3, -0.25) is 0 Å². The van der Waals surface area contributed by atoms with Crippen molar-refractivity contribution in [3.63, 3.8) is 0 Å². The fraction of sp³-hybridized carbons (Fsp3) is 0.562. The van der Waals surface area contributed by atoms with Crippen molar-refractivity contribution in [3.05, 3.63) is 29.8 Å². The SMILES string of the molecule is COC(=O)c1ccc(OCCCCCCCCO)cc1. The maximum atomic E-state index is 11.3. The summed E-state index contributed by atoms with van der Waals surface area (Å²) in [5, 5.41) is 8.65. The van der Waals surface area contributed by atoms with Gasteiger partial charge < -0.3 is 14.6 Å². The van der Waals surface area contributed by atoms with E-state index in [0.29, 0.717) is 18.8 Å². The van der Waals surface area contributed by atoms with Gasteiger partial charge in [-0.25, -0.2) is 4.79 Å². The highest BCUT2D eigenvalue weighted by atomic mass is 16.5. The Kier molecular flexibility index (Phi) is 8.47. The number of unbranched alkanes of at least 4 members (excludes halogenated alkanes) is 5. The van der Waals surface area contributed by atoms with Gasteiger partial charge in [0.05, 0.1) is 19.3 Å². The lowest BCUT2D eigenvalue weighted by atomic mass is 10.1. The highest BCUT2D eigenvalue weighted by Gasteiger charge is 2.04. The second kappa shape index (κ2) is 10.3. The molecule has 0 saturated carbocycles. The number of esters is 1. The molecule has 0 fully saturated rings. The Hall–Kier alpha value is -1.55. The Morgan fingerprint density at radius 2 is 1.60 bits per heavy atom. The minimum atomic E-state index is -0.334. The number of hydrogen-bond acceptors (Lipinski definition) is 4. The molecule has 1 aromatic carbocycles. The van der Waals surface area contributed by atoms with E-state index in [-0.39, 0.29) is 5.97 Å². The van der Waals surface area contributed by atoms with Gasteiger partial charge >= 0.3 is 5.97 Å². The average Bonchev–Trinajstić information content (AvgIpc) is 2.50. The van der Waals surface area contributed by atoms with E-state index in [1.54, 1.807) is 24.3 Å². The second-order valence-corrected chi connectivity index (χ2v) is 4.71. The highest BCUT2D eigenvalue weighted by molar-refractivity contribution is 5.89. The summed E-state index contributed by atoms with van der Waals surface area (Å²) < 4.78 is 10.2. The zero-order valence-corrected chi connectivity index (χ0v) is 12.1. The standard InChI is InChI=1S/C16H24O4/c1-19-16(18)14-8-10-15(11-9-14)20-13-7-5-3-2-4-6-12-17/h8-11,17H,2-7,12-13H2,1H3. The van der Waals surface area contributed by atoms with Crippen molar-refractivity contribution in [2.24, 2.45) is 0 Å². The van der Waals surface area contributed by atoms with Crippen LogP contribution in [0.4, 0.5) is 0 Å². The van der Waals surface area contributed by atoms with Crippen LogP contribution >= 0.6 is 0 Å². The minimum absolute atomic E-state index is 0.296. The third-order valence-corrected chi connectivity index (χ3v) is 3.10. The number of benzene rings is 1. The van der Waals surface area contributed by atoms with Crippen molar-refractivity contribution in [1.29, 1.82) is 0 Å². The minimum Gasteiger partial charge on any atom is -0.494 e. The predicted molar refractivity (Wildman–Crippen MR) is 78.1 cm³/mol. The molecule has 0 bridgehead atoms. The summed E-state index contributed by atoms with van der Waals surface area (Å²) >= 11 is 0.